The molecule has 0 rings (SSSR count). The zero-order chi connectivity index (χ0) is 8.69. The van der Waals surface area contributed by atoms with Crippen molar-refractivity contribution in [1.29, 1.82) is 0 Å². The van der Waals surface area contributed by atoms with Crippen LogP contribution in [0.1, 0.15) is 20.3 Å². The van der Waals surface area contributed by atoms with Gasteiger partial charge in [0, 0.05) is 17.0 Å². The quantitative estimate of drug-likeness (QED) is 0.619. The maximum absolute atomic E-state index is 3.76. The molecule has 0 radical (unpaired) electrons. The molecule has 0 saturated heterocycles. The summed E-state index contributed by atoms with van der Waals surface area (Å²) in [6, 6.07) is 0.467. The Bertz CT molecular complexity index is 104. The molecule has 66 valence electrons. The SMILES string of the molecule is C=CC(CSC(C)CC)NC. The van der Waals surface area contributed by atoms with Gasteiger partial charge in [-0.15, -0.1) is 6.58 Å². The van der Waals surface area contributed by atoms with E-state index >= 15 is 0 Å². The van der Waals surface area contributed by atoms with Gasteiger partial charge in [0.2, 0.25) is 0 Å². The maximum atomic E-state index is 3.76. The summed E-state index contributed by atoms with van der Waals surface area (Å²) in [7, 11) is 1.98. The first-order chi connectivity index (χ1) is 5.24. The first kappa shape index (κ1) is 11.1. The lowest BCUT2D eigenvalue weighted by Crippen LogP contribution is -2.25. The fraction of sp³-hybridized carbons (Fsp3) is 0.778. The highest BCUT2D eigenvalue weighted by Gasteiger charge is 2.03. The van der Waals surface area contributed by atoms with Crippen LogP contribution in [0.5, 0.6) is 0 Å². The minimum Gasteiger partial charge on any atom is -0.313 e. The van der Waals surface area contributed by atoms with Crippen LogP contribution in [-0.2, 0) is 0 Å². The zero-order valence-electron chi connectivity index (χ0n) is 7.76. The van der Waals surface area contributed by atoms with Crippen molar-refractivity contribution in [2.45, 2.75) is 31.6 Å². The van der Waals surface area contributed by atoms with E-state index in [0.717, 1.165) is 11.0 Å². The van der Waals surface area contributed by atoms with Gasteiger partial charge in [-0.1, -0.05) is 19.9 Å². The zero-order valence-corrected chi connectivity index (χ0v) is 8.58. The Hall–Kier alpha value is 0.0500. The van der Waals surface area contributed by atoms with E-state index in [4.69, 9.17) is 0 Å². The van der Waals surface area contributed by atoms with E-state index in [-0.39, 0.29) is 0 Å². The molecule has 0 aliphatic carbocycles. The molecule has 11 heavy (non-hydrogen) atoms. The van der Waals surface area contributed by atoms with Crippen molar-refractivity contribution in [1.82, 2.24) is 5.32 Å². The average molecular weight is 173 g/mol. The summed E-state index contributed by atoms with van der Waals surface area (Å²) in [6.45, 7) is 8.25. The molecular weight excluding hydrogens is 154 g/mol. The first-order valence-corrected chi connectivity index (χ1v) is 5.20. The summed E-state index contributed by atoms with van der Waals surface area (Å²) in [5.41, 5.74) is 0. The summed E-state index contributed by atoms with van der Waals surface area (Å²) in [6.07, 6.45) is 3.22. The fourth-order valence-corrected chi connectivity index (χ4v) is 1.73. The largest absolute Gasteiger partial charge is 0.313 e. The molecule has 0 bridgehead atoms. The van der Waals surface area contributed by atoms with Gasteiger partial charge < -0.3 is 5.32 Å². The molecule has 0 aromatic heterocycles. The van der Waals surface area contributed by atoms with Crippen LogP contribution in [0, 0.1) is 0 Å². The normalized spacial score (nSPS) is 15.9. The molecule has 1 nitrogen and oxygen atoms in total. The van der Waals surface area contributed by atoms with Crippen LogP contribution in [0.3, 0.4) is 0 Å². The Morgan fingerprint density at radius 1 is 1.64 bits per heavy atom. The maximum Gasteiger partial charge on any atom is 0.0336 e. The third-order valence-electron chi connectivity index (χ3n) is 1.79. The van der Waals surface area contributed by atoms with E-state index < -0.39 is 0 Å². The van der Waals surface area contributed by atoms with Crippen molar-refractivity contribution < 1.29 is 0 Å². The average Bonchev–Trinajstić information content (AvgIpc) is 2.06. The van der Waals surface area contributed by atoms with Gasteiger partial charge in [0.25, 0.3) is 0 Å². The molecule has 0 saturated carbocycles. The Morgan fingerprint density at radius 3 is 2.64 bits per heavy atom. The lowest BCUT2D eigenvalue weighted by molar-refractivity contribution is 0.737. The minimum absolute atomic E-state index is 0.467. The predicted octanol–water partition coefficient (Wildman–Crippen LogP) is 2.29. The third-order valence-corrected chi connectivity index (χ3v) is 3.24. The molecule has 0 aromatic rings. The number of hydrogen-bond donors (Lipinski definition) is 1. The number of thioether (sulfide) groups is 1. The molecule has 2 unspecified atom stereocenters. The molecular formula is C9H19NS. The van der Waals surface area contributed by atoms with Crippen molar-refractivity contribution in [2.24, 2.45) is 0 Å². The summed E-state index contributed by atoms with van der Waals surface area (Å²) in [5.74, 6) is 1.13. The smallest absolute Gasteiger partial charge is 0.0336 e. The molecule has 0 aliphatic rings. The summed E-state index contributed by atoms with van der Waals surface area (Å²) in [5, 5.41) is 3.96. The molecule has 0 aromatic carbocycles. The van der Waals surface area contributed by atoms with Crippen molar-refractivity contribution in [3.05, 3.63) is 12.7 Å². The molecule has 0 fully saturated rings. The number of likely N-dealkylation sites (N-methyl/N-ethyl adjacent to an activating group) is 1. The lowest BCUT2D eigenvalue weighted by Gasteiger charge is -2.13. The van der Waals surface area contributed by atoms with Gasteiger partial charge in [0.05, 0.1) is 0 Å². The number of nitrogens with one attached hydrogen (secondary N) is 1. The van der Waals surface area contributed by atoms with Crippen LogP contribution < -0.4 is 5.32 Å². The Labute approximate surface area is 74.6 Å². The molecule has 0 spiro atoms. The van der Waals surface area contributed by atoms with E-state index in [1.807, 2.05) is 24.9 Å². The third kappa shape index (κ3) is 5.33. The topological polar surface area (TPSA) is 12.0 Å². The van der Waals surface area contributed by atoms with E-state index in [0.29, 0.717) is 6.04 Å². The standard InChI is InChI=1S/C9H19NS/c1-5-8(3)11-7-9(6-2)10-4/h6,8-10H,2,5,7H2,1,3-4H3. The number of hydrogen-bond acceptors (Lipinski definition) is 2. The van der Waals surface area contributed by atoms with Crippen LogP contribution in [0.25, 0.3) is 0 Å². The number of rotatable bonds is 6. The molecule has 2 atom stereocenters. The highest BCUT2D eigenvalue weighted by Crippen LogP contribution is 2.14. The Kier molecular flexibility index (Phi) is 6.77. The second-order valence-electron chi connectivity index (χ2n) is 2.68. The van der Waals surface area contributed by atoms with Crippen LogP contribution >= 0.6 is 11.8 Å². The highest BCUT2D eigenvalue weighted by molar-refractivity contribution is 7.99. The predicted molar refractivity (Wildman–Crippen MR) is 55.3 cm³/mol. The molecule has 2 heteroatoms. The van der Waals surface area contributed by atoms with Gasteiger partial charge in [0.1, 0.15) is 0 Å². The molecule has 0 heterocycles. The molecule has 1 N–H and O–H groups in total. The fourth-order valence-electron chi connectivity index (χ4n) is 0.655. The Morgan fingerprint density at radius 2 is 2.27 bits per heavy atom. The van der Waals surface area contributed by atoms with E-state index in [1.54, 1.807) is 0 Å². The summed E-state index contributed by atoms with van der Waals surface area (Å²) < 4.78 is 0. The summed E-state index contributed by atoms with van der Waals surface area (Å²) in [4.78, 5) is 0. The monoisotopic (exact) mass is 173 g/mol. The van der Waals surface area contributed by atoms with Crippen LogP contribution in [0.4, 0.5) is 0 Å². The first-order valence-electron chi connectivity index (χ1n) is 4.16. The van der Waals surface area contributed by atoms with Crippen molar-refractivity contribution in [3.8, 4) is 0 Å². The van der Waals surface area contributed by atoms with Crippen molar-refractivity contribution in [3.63, 3.8) is 0 Å². The lowest BCUT2D eigenvalue weighted by atomic mass is 10.3. The van der Waals surface area contributed by atoms with E-state index in [2.05, 4.69) is 25.7 Å². The molecule has 0 aliphatic heterocycles. The van der Waals surface area contributed by atoms with Gasteiger partial charge >= 0.3 is 0 Å². The highest BCUT2D eigenvalue weighted by atomic mass is 32.2. The van der Waals surface area contributed by atoms with Gasteiger partial charge in [-0.2, -0.15) is 11.8 Å². The van der Waals surface area contributed by atoms with E-state index in [9.17, 15) is 0 Å². The van der Waals surface area contributed by atoms with Gasteiger partial charge in [-0.05, 0) is 13.5 Å². The van der Waals surface area contributed by atoms with Crippen molar-refractivity contribution in [2.75, 3.05) is 12.8 Å². The minimum atomic E-state index is 0.467. The van der Waals surface area contributed by atoms with Gasteiger partial charge in [0.15, 0.2) is 0 Å². The van der Waals surface area contributed by atoms with Gasteiger partial charge in [-0.3, -0.25) is 0 Å². The Balaban J connectivity index is 3.41. The van der Waals surface area contributed by atoms with Gasteiger partial charge in [-0.25, -0.2) is 0 Å². The van der Waals surface area contributed by atoms with Crippen LogP contribution in [0.2, 0.25) is 0 Å². The van der Waals surface area contributed by atoms with Crippen LogP contribution in [0.15, 0.2) is 12.7 Å². The molecule has 0 amide bonds. The second-order valence-corrected chi connectivity index (χ2v) is 4.15. The summed E-state index contributed by atoms with van der Waals surface area (Å²) >= 11 is 2.00. The van der Waals surface area contributed by atoms with Crippen molar-refractivity contribution >= 4 is 11.8 Å². The van der Waals surface area contributed by atoms with Crippen LogP contribution in [-0.4, -0.2) is 24.1 Å². The van der Waals surface area contributed by atoms with E-state index in [1.165, 1.54) is 6.42 Å². The second kappa shape index (κ2) is 6.74.